The number of sulfonamides is 1. The van der Waals surface area contributed by atoms with E-state index in [1.807, 2.05) is 0 Å². The van der Waals surface area contributed by atoms with E-state index in [0.717, 1.165) is 12.1 Å². The first-order valence-electron chi connectivity index (χ1n) is 8.24. The molecule has 0 aliphatic rings. The third kappa shape index (κ3) is 4.07. The van der Waals surface area contributed by atoms with Gasteiger partial charge in [0, 0.05) is 5.56 Å². The van der Waals surface area contributed by atoms with Crippen LogP contribution in [0.4, 0.5) is 10.1 Å². The van der Waals surface area contributed by atoms with Gasteiger partial charge in [0.05, 0.1) is 18.5 Å². The number of methoxy groups -OCH3 is 1. The zero-order chi connectivity index (χ0) is 21.2. The van der Waals surface area contributed by atoms with E-state index >= 15 is 0 Å². The molecule has 1 amide bonds. The van der Waals surface area contributed by atoms with Crippen molar-refractivity contribution >= 4 is 21.6 Å². The maximum absolute atomic E-state index is 14.2. The molecule has 0 aliphatic heterocycles. The number of carbonyl (C=O) groups excluding carboxylic acids is 1. The Morgan fingerprint density at radius 2 is 1.97 bits per heavy atom. The Morgan fingerprint density at radius 1 is 1.21 bits per heavy atom. The number of carbonyl (C=O) groups is 1. The van der Waals surface area contributed by atoms with Crippen molar-refractivity contribution in [2.45, 2.75) is 11.8 Å². The van der Waals surface area contributed by atoms with Crippen molar-refractivity contribution in [2.24, 2.45) is 0 Å². The van der Waals surface area contributed by atoms with Crippen molar-refractivity contribution in [3.05, 3.63) is 53.6 Å². The standard InChI is InChI=1S/C17H17FN6O4S/c1-10-21-22-23-24(10)12-5-6-13(18)14(9-12)20-17(25)11-4-7-15(28-3)16(8-11)29(26,27)19-2/h4-9,19H,1-3H3,(H,20,25). The Morgan fingerprint density at radius 3 is 2.59 bits per heavy atom. The lowest BCUT2D eigenvalue weighted by Crippen LogP contribution is -2.21. The third-order valence-electron chi connectivity index (χ3n) is 4.05. The molecule has 0 spiro atoms. The molecule has 0 saturated heterocycles. The first-order chi connectivity index (χ1) is 13.8. The summed E-state index contributed by atoms with van der Waals surface area (Å²) in [7, 11) is -1.32. The molecule has 12 heteroatoms. The molecule has 3 rings (SSSR count). The van der Waals surface area contributed by atoms with Gasteiger partial charge in [-0.2, -0.15) is 4.68 Å². The number of nitrogens with zero attached hydrogens (tertiary/aromatic N) is 4. The van der Waals surface area contributed by atoms with E-state index in [1.165, 1.54) is 43.1 Å². The normalized spacial score (nSPS) is 11.3. The van der Waals surface area contributed by atoms with Gasteiger partial charge in [-0.25, -0.2) is 17.5 Å². The minimum atomic E-state index is -3.87. The highest BCUT2D eigenvalue weighted by Gasteiger charge is 2.21. The summed E-state index contributed by atoms with van der Waals surface area (Å²) >= 11 is 0. The number of hydrogen-bond acceptors (Lipinski definition) is 7. The van der Waals surface area contributed by atoms with Crippen LogP contribution in [-0.4, -0.2) is 48.7 Å². The average molecular weight is 420 g/mol. The van der Waals surface area contributed by atoms with Crippen LogP contribution in [0.5, 0.6) is 5.75 Å². The van der Waals surface area contributed by atoms with Crippen LogP contribution >= 0.6 is 0 Å². The topological polar surface area (TPSA) is 128 Å². The van der Waals surface area contributed by atoms with Crippen LogP contribution in [0.3, 0.4) is 0 Å². The van der Waals surface area contributed by atoms with Crippen LogP contribution in [0.25, 0.3) is 5.69 Å². The van der Waals surface area contributed by atoms with Crippen molar-refractivity contribution in [1.29, 1.82) is 0 Å². The minimum absolute atomic E-state index is 0.00281. The second-order valence-electron chi connectivity index (χ2n) is 5.83. The number of tetrazole rings is 1. The monoisotopic (exact) mass is 420 g/mol. The molecule has 2 N–H and O–H groups in total. The maximum atomic E-state index is 14.2. The number of aromatic nitrogens is 4. The predicted octanol–water partition coefficient (Wildman–Crippen LogP) is 1.28. The lowest BCUT2D eigenvalue weighted by Gasteiger charge is -2.12. The van der Waals surface area contributed by atoms with Gasteiger partial charge in [0.1, 0.15) is 16.5 Å². The van der Waals surface area contributed by atoms with E-state index in [0.29, 0.717) is 11.5 Å². The second-order valence-corrected chi connectivity index (χ2v) is 7.68. The summed E-state index contributed by atoms with van der Waals surface area (Å²) in [4.78, 5) is 12.4. The molecule has 0 fully saturated rings. The summed E-state index contributed by atoms with van der Waals surface area (Å²) in [5.74, 6) is -0.835. The molecule has 2 aromatic carbocycles. The highest BCUT2D eigenvalue weighted by molar-refractivity contribution is 7.89. The predicted molar refractivity (Wildman–Crippen MR) is 101 cm³/mol. The van der Waals surface area contributed by atoms with Crippen LogP contribution in [-0.2, 0) is 10.0 Å². The molecule has 0 saturated carbocycles. The fraction of sp³-hybridized carbons (Fsp3) is 0.176. The summed E-state index contributed by atoms with van der Waals surface area (Å²) < 4.78 is 47.2. The number of nitrogens with one attached hydrogen (secondary N) is 2. The zero-order valence-corrected chi connectivity index (χ0v) is 16.5. The Labute approximate surface area is 165 Å². The first-order valence-corrected chi connectivity index (χ1v) is 9.73. The van der Waals surface area contributed by atoms with E-state index < -0.39 is 21.7 Å². The Hall–Kier alpha value is -3.38. The van der Waals surface area contributed by atoms with Gasteiger partial charge in [-0.15, -0.1) is 5.10 Å². The van der Waals surface area contributed by atoms with Gasteiger partial charge in [0.2, 0.25) is 10.0 Å². The number of benzene rings is 2. The molecular weight excluding hydrogens is 403 g/mol. The first kappa shape index (κ1) is 20.4. The lowest BCUT2D eigenvalue weighted by molar-refractivity contribution is 0.102. The van der Waals surface area contributed by atoms with Crippen molar-refractivity contribution in [1.82, 2.24) is 24.9 Å². The van der Waals surface area contributed by atoms with E-state index in [2.05, 4.69) is 25.6 Å². The minimum Gasteiger partial charge on any atom is -0.495 e. The van der Waals surface area contributed by atoms with Crippen molar-refractivity contribution in [3.8, 4) is 11.4 Å². The molecule has 0 radical (unpaired) electrons. The van der Waals surface area contributed by atoms with E-state index in [4.69, 9.17) is 4.74 Å². The van der Waals surface area contributed by atoms with Crippen LogP contribution in [0, 0.1) is 12.7 Å². The summed E-state index contributed by atoms with van der Waals surface area (Å²) in [6.45, 7) is 1.67. The van der Waals surface area contributed by atoms with Gasteiger partial charge in [0.25, 0.3) is 5.91 Å². The number of hydrogen-bond donors (Lipinski definition) is 2. The smallest absolute Gasteiger partial charge is 0.255 e. The number of amides is 1. The largest absolute Gasteiger partial charge is 0.495 e. The molecular formula is C17H17FN6O4S. The van der Waals surface area contributed by atoms with E-state index in [9.17, 15) is 17.6 Å². The fourth-order valence-corrected chi connectivity index (χ4v) is 3.46. The van der Waals surface area contributed by atoms with Gasteiger partial charge >= 0.3 is 0 Å². The molecule has 152 valence electrons. The van der Waals surface area contributed by atoms with Crippen molar-refractivity contribution in [3.63, 3.8) is 0 Å². The summed E-state index contributed by atoms with van der Waals surface area (Å²) in [5, 5.41) is 13.5. The Bertz CT molecular complexity index is 1180. The SMILES string of the molecule is CNS(=O)(=O)c1cc(C(=O)Nc2cc(-n3nnnc3C)ccc2F)ccc1OC. The summed E-state index contributed by atoms with van der Waals surface area (Å²) in [5.41, 5.74) is 0.330. The highest BCUT2D eigenvalue weighted by Crippen LogP contribution is 2.26. The summed E-state index contributed by atoms with van der Waals surface area (Å²) in [6, 6.07) is 7.85. The van der Waals surface area contributed by atoms with Gasteiger partial charge in [-0.1, -0.05) is 0 Å². The molecule has 0 bridgehead atoms. The summed E-state index contributed by atoms with van der Waals surface area (Å²) in [6.07, 6.45) is 0. The van der Waals surface area contributed by atoms with Gasteiger partial charge < -0.3 is 10.1 Å². The van der Waals surface area contributed by atoms with Crippen LogP contribution in [0.2, 0.25) is 0 Å². The fourth-order valence-electron chi connectivity index (χ4n) is 2.54. The maximum Gasteiger partial charge on any atom is 0.255 e. The van der Waals surface area contributed by atoms with E-state index in [-0.39, 0.29) is 21.9 Å². The molecule has 0 atom stereocenters. The van der Waals surface area contributed by atoms with Crippen molar-refractivity contribution < 1.29 is 22.3 Å². The lowest BCUT2D eigenvalue weighted by atomic mass is 10.2. The third-order valence-corrected chi connectivity index (χ3v) is 5.49. The molecule has 3 aromatic rings. The Balaban J connectivity index is 1.95. The van der Waals surface area contributed by atoms with Gasteiger partial charge in [-0.3, -0.25) is 4.79 Å². The molecule has 1 heterocycles. The number of anilines is 1. The van der Waals surface area contributed by atoms with Gasteiger partial charge in [0.15, 0.2) is 5.82 Å². The zero-order valence-electron chi connectivity index (χ0n) is 15.7. The highest BCUT2D eigenvalue weighted by atomic mass is 32.2. The number of rotatable bonds is 6. The van der Waals surface area contributed by atoms with Crippen LogP contribution < -0.4 is 14.8 Å². The average Bonchev–Trinajstić information content (AvgIpc) is 3.15. The number of halogens is 1. The number of ether oxygens (including phenoxy) is 1. The van der Waals surface area contributed by atoms with Gasteiger partial charge in [-0.05, 0) is 60.8 Å². The number of aryl methyl sites for hydroxylation is 1. The van der Waals surface area contributed by atoms with E-state index in [1.54, 1.807) is 6.92 Å². The molecule has 29 heavy (non-hydrogen) atoms. The second kappa shape index (κ2) is 7.93. The van der Waals surface area contributed by atoms with Crippen LogP contribution in [0.1, 0.15) is 16.2 Å². The molecule has 10 nitrogen and oxygen atoms in total. The van der Waals surface area contributed by atoms with Crippen LogP contribution in [0.15, 0.2) is 41.3 Å². The molecule has 0 aliphatic carbocycles. The van der Waals surface area contributed by atoms with Crippen molar-refractivity contribution in [2.75, 3.05) is 19.5 Å². The molecule has 1 aromatic heterocycles. The Kier molecular flexibility index (Phi) is 5.57. The molecule has 0 unspecified atom stereocenters. The quantitative estimate of drug-likeness (QED) is 0.615.